The zero-order valence-electron chi connectivity index (χ0n) is 7.17. The summed E-state index contributed by atoms with van der Waals surface area (Å²) >= 11 is 0. The Kier molecular flexibility index (Phi) is 9.77. The SMILES string of the molecule is CCCOCCCOCC[O]. The Morgan fingerprint density at radius 3 is 2.18 bits per heavy atom. The van der Waals surface area contributed by atoms with Gasteiger partial charge in [-0.3, -0.25) is 0 Å². The Labute approximate surface area is 68.3 Å². The van der Waals surface area contributed by atoms with E-state index < -0.39 is 0 Å². The molecular weight excluding hydrogens is 144 g/mol. The smallest absolute Gasteiger partial charge is 0.106 e. The molecular formula is C8H17O3. The quantitative estimate of drug-likeness (QED) is 0.502. The van der Waals surface area contributed by atoms with E-state index in [9.17, 15) is 5.11 Å². The van der Waals surface area contributed by atoms with Gasteiger partial charge in [0.25, 0.3) is 0 Å². The molecule has 0 saturated heterocycles. The van der Waals surface area contributed by atoms with E-state index in [1.165, 1.54) is 0 Å². The van der Waals surface area contributed by atoms with Gasteiger partial charge in [-0.15, -0.1) is 0 Å². The van der Waals surface area contributed by atoms with Crippen molar-refractivity contribution in [2.75, 3.05) is 33.0 Å². The first-order chi connectivity index (χ1) is 5.41. The van der Waals surface area contributed by atoms with Crippen LogP contribution in [-0.4, -0.2) is 33.0 Å². The molecule has 0 fully saturated rings. The zero-order valence-corrected chi connectivity index (χ0v) is 7.17. The van der Waals surface area contributed by atoms with Gasteiger partial charge in [0, 0.05) is 19.8 Å². The van der Waals surface area contributed by atoms with Crippen LogP contribution in [-0.2, 0) is 14.6 Å². The second-order valence-electron chi connectivity index (χ2n) is 2.28. The van der Waals surface area contributed by atoms with Crippen molar-refractivity contribution in [2.24, 2.45) is 0 Å². The molecule has 1 radical (unpaired) electrons. The summed E-state index contributed by atoms with van der Waals surface area (Å²) in [5.74, 6) is 0. The fourth-order valence-electron chi connectivity index (χ4n) is 0.670. The maximum atomic E-state index is 9.91. The Bertz CT molecular complexity index is 58.4. The molecule has 0 unspecified atom stereocenters. The van der Waals surface area contributed by atoms with Gasteiger partial charge >= 0.3 is 0 Å². The van der Waals surface area contributed by atoms with E-state index in [-0.39, 0.29) is 6.61 Å². The highest BCUT2D eigenvalue weighted by atomic mass is 16.5. The first-order valence-electron chi connectivity index (χ1n) is 4.15. The van der Waals surface area contributed by atoms with E-state index >= 15 is 0 Å². The van der Waals surface area contributed by atoms with Crippen LogP contribution >= 0.6 is 0 Å². The van der Waals surface area contributed by atoms with Crippen molar-refractivity contribution in [1.82, 2.24) is 0 Å². The fraction of sp³-hybridized carbons (Fsp3) is 1.00. The Hall–Kier alpha value is -0.120. The zero-order chi connectivity index (χ0) is 8.36. The largest absolute Gasteiger partial charge is 0.381 e. The number of hydrogen-bond donors (Lipinski definition) is 0. The van der Waals surface area contributed by atoms with Crippen LogP contribution in [0.25, 0.3) is 0 Å². The van der Waals surface area contributed by atoms with Crippen molar-refractivity contribution < 1.29 is 14.6 Å². The molecule has 0 heterocycles. The molecule has 67 valence electrons. The molecule has 0 bridgehead atoms. The average molecular weight is 161 g/mol. The van der Waals surface area contributed by atoms with Crippen LogP contribution < -0.4 is 0 Å². The van der Waals surface area contributed by atoms with Crippen molar-refractivity contribution in [2.45, 2.75) is 19.8 Å². The highest BCUT2D eigenvalue weighted by Gasteiger charge is 1.88. The van der Waals surface area contributed by atoms with Crippen molar-refractivity contribution in [3.8, 4) is 0 Å². The van der Waals surface area contributed by atoms with Gasteiger partial charge in [-0.1, -0.05) is 6.92 Å². The Balaban J connectivity index is 2.69. The van der Waals surface area contributed by atoms with Gasteiger partial charge in [0.1, 0.15) is 6.61 Å². The minimum Gasteiger partial charge on any atom is -0.381 e. The molecule has 0 amide bonds. The molecule has 3 nitrogen and oxygen atoms in total. The third kappa shape index (κ3) is 9.88. The lowest BCUT2D eigenvalue weighted by Gasteiger charge is -2.02. The van der Waals surface area contributed by atoms with E-state index in [1.807, 2.05) is 0 Å². The summed E-state index contributed by atoms with van der Waals surface area (Å²) in [5.41, 5.74) is 0. The maximum absolute atomic E-state index is 9.91. The molecule has 0 saturated carbocycles. The van der Waals surface area contributed by atoms with Crippen LogP contribution in [0.1, 0.15) is 19.8 Å². The van der Waals surface area contributed by atoms with Crippen molar-refractivity contribution >= 4 is 0 Å². The molecule has 0 aromatic carbocycles. The standard InChI is InChI=1S/C8H17O3/c1-2-5-10-6-3-7-11-8-4-9/h2-8H2,1H3. The molecule has 3 heteroatoms. The summed E-state index contributed by atoms with van der Waals surface area (Å²) in [6.07, 6.45) is 1.95. The van der Waals surface area contributed by atoms with Gasteiger partial charge in [0.05, 0.1) is 6.61 Å². The molecule has 0 aliphatic carbocycles. The lowest BCUT2D eigenvalue weighted by Crippen LogP contribution is -2.04. The Morgan fingerprint density at radius 1 is 1.00 bits per heavy atom. The molecule has 0 aromatic heterocycles. The number of rotatable bonds is 8. The highest BCUT2D eigenvalue weighted by molar-refractivity contribution is 4.34. The first-order valence-corrected chi connectivity index (χ1v) is 4.15. The van der Waals surface area contributed by atoms with Crippen LogP contribution in [0.4, 0.5) is 0 Å². The van der Waals surface area contributed by atoms with Crippen LogP contribution in [0.2, 0.25) is 0 Å². The minimum atomic E-state index is -0.143. The van der Waals surface area contributed by atoms with E-state index in [4.69, 9.17) is 9.47 Å². The molecule has 0 aliphatic rings. The summed E-state index contributed by atoms with van der Waals surface area (Å²) < 4.78 is 10.2. The third-order valence-electron chi connectivity index (χ3n) is 1.15. The third-order valence-corrected chi connectivity index (χ3v) is 1.15. The summed E-state index contributed by atoms with van der Waals surface area (Å²) in [4.78, 5) is 0. The van der Waals surface area contributed by atoms with Crippen LogP contribution in [0, 0.1) is 0 Å². The summed E-state index contributed by atoms with van der Waals surface area (Å²) in [6, 6.07) is 0. The summed E-state index contributed by atoms with van der Waals surface area (Å²) in [5, 5.41) is 9.91. The second-order valence-corrected chi connectivity index (χ2v) is 2.28. The topological polar surface area (TPSA) is 38.4 Å². The lowest BCUT2D eigenvalue weighted by molar-refractivity contribution is 0.0465. The monoisotopic (exact) mass is 161 g/mol. The van der Waals surface area contributed by atoms with E-state index in [1.54, 1.807) is 0 Å². The van der Waals surface area contributed by atoms with Gasteiger partial charge in [0.2, 0.25) is 0 Å². The minimum absolute atomic E-state index is 0.143. The highest BCUT2D eigenvalue weighted by Crippen LogP contribution is 1.86. The van der Waals surface area contributed by atoms with Crippen LogP contribution in [0.15, 0.2) is 0 Å². The normalized spacial score (nSPS) is 10.4. The Morgan fingerprint density at radius 2 is 1.64 bits per heavy atom. The van der Waals surface area contributed by atoms with Crippen LogP contribution in [0.3, 0.4) is 0 Å². The van der Waals surface area contributed by atoms with Gasteiger partial charge in [-0.2, -0.15) is 0 Å². The van der Waals surface area contributed by atoms with E-state index in [2.05, 4.69) is 6.92 Å². The van der Waals surface area contributed by atoms with E-state index in [0.717, 1.165) is 26.1 Å². The maximum Gasteiger partial charge on any atom is 0.106 e. The van der Waals surface area contributed by atoms with Crippen LogP contribution in [0.5, 0.6) is 0 Å². The van der Waals surface area contributed by atoms with Gasteiger partial charge < -0.3 is 9.47 Å². The summed E-state index contributed by atoms with van der Waals surface area (Å²) in [7, 11) is 0. The molecule has 0 atom stereocenters. The van der Waals surface area contributed by atoms with E-state index in [0.29, 0.717) is 13.2 Å². The summed E-state index contributed by atoms with van der Waals surface area (Å²) in [6.45, 7) is 4.47. The molecule has 0 N–H and O–H groups in total. The number of hydrogen-bond acceptors (Lipinski definition) is 2. The molecule has 0 spiro atoms. The van der Waals surface area contributed by atoms with Crippen molar-refractivity contribution in [3.63, 3.8) is 0 Å². The fourth-order valence-corrected chi connectivity index (χ4v) is 0.670. The van der Waals surface area contributed by atoms with Gasteiger partial charge in [-0.05, 0) is 12.8 Å². The molecule has 0 aliphatic heterocycles. The van der Waals surface area contributed by atoms with Crippen molar-refractivity contribution in [3.05, 3.63) is 0 Å². The molecule has 0 rings (SSSR count). The van der Waals surface area contributed by atoms with Crippen molar-refractivity contribution in [1.29, 1.82) is 0 Å². The lowest BCUT2D eigenvalue weighted by atomic mass is 10.5. The molecule has 11 heavy (non-hydrogen) atoms. The molecule has 0 aromatic rings. The predicted octanol–water partition coefficient (Wildman–Crippen LogP) is 1.25. The average Bonchev–Trinajstić information content (AvgIpc) is 2.03. The van der Waals surface area contributed by atoms with Gasteiger partial charge in [0.15, 0.2) is 0 Å². The van der Waals surface area contributed by atoms with Gasteiger partial charge in [-0.25, -0.2) is 5.11 Å². The second kappa shape index (κ2) is 9.88. The number of ether oxygens (including phenoxy) is 2. The predicted molar refractivity (Wildman–Crippen MR) is 42.1 cm³/mol. The first kappa shape index (κ1) is 10.9.